The molecular formula is C24H37Cl2N5O3. The van der Waals surface area contributed by atoms with Crippen LogP contribution in [0.5, 0.6) is 0 Å². The van der Waals surface area contributed by atoms with E-state index in [1.165, 1.54) is 0 Å². The summed E-state index contributed by atoms with van der Waals surface area (Å²) in [6, 6.07) is 4.63. The quantitative estimate of drug-likeness (QED) is 0.297. The largest absolute Gasteiger partial charge is 0.464 e. The van der Waals surface area contributed by atoms with Crippen LogP contribution in [0.25, 0.3) is 11.0 Å². The van der Waals surface area contributed by atoms with Crippen LogP contribution in [0.2, 0.25) is 0 Å². The Balaban J connectivity index is 2.07. The van der Waals surface area contributed by atoms with Crippen LogP contribution in [0.3, 0.4) is 0 Å². The highest BCUT2D eigenvalue weighted by Crippen LogP contribution is 2.23. The third-order valence-electron chi connectivity index (χ3n) is 5.64. The zero-order valence-corrected chi connectivity index (χ0v) is 22.0. The predicted molar refractivity (Wildman–Crippen MR) is 139 cm³/mol. The van der Waals surface area contributed by atoms with Crippen molar-refractivity contribution in [3.63, 3.8) is 0 Å². The van der Waals surface area contributed by atoms with E-state index in [9.17, 15) is 9.59 Å². The Morgan fingerprint density at radius 1 is 1.24 bits per heavy atom. The van der Waals surface area contributed by atoms with E-state index in [1.54, 1.807) is 6.92 Å². The van der Waals surface area contributed by atoms with Crippen LogP contribution in [-0.4, -0.2) is 65.0 Å². The van der Waals surface area contributed by atoms with Crippen molar-refractivity contribution >= 4 is 51.8 Å². The summed E-state index contributed by atoms with van der Waals surface area (Å²) in [4.78, 5) is 31.8. The van der Waals surface area contributed by atoms with E-state index in [4.69, 9.17) is 38.7 Å². The van der Waals surface area contributed by atoms with Crippen LogP contribution in [0.15, 0.2) is 18.2 Å². The van der Waals surface area contributed by atoms with E-state index in [-0.39, 0.29) is 18.4 Å². The van der Waals surface area contributed by atoms with Crippen molar-refractivity contribution in [3.05, 3.63) is 24.0 Å². The highest BCUT2D eigenvalue weighted by molar-refractivity contribution is 6.18. The molecule has 0 saturated carbocycles. The number of nitrogens with zero attached hydrogens (tertiary/aromatic N) is 3. The molecule has 1 aromatic carbocycles. The Morgan fingerprint density at radius 2 is 1.91 bits per heavy atom. The number of anilines is 1. The number of alkyl halides is 2. The minimum absolute atomic E-state index is 0.223. The second-order valence-corrected chi connectivity index (χ2v) is 9.47. The lowest BCUT2D eigenvalue weighted by molar-refractivity contribution is -0.148. The van der Waals surface area contributed by atoms with Crippen molar-refractivity contribution in [2.75, 3.05) is 36.4 Å². The summed E-state index contributed by atoms with van der Waals surface area (Å²) in [5.74, 6) is 1.28. The number of aryl methyl sites for hydroxylation is 2. The molecular weight excluding hydrogens is 477 g/mol. The number of rotatable bonds is 14. The average Bonchev–Trinajstić information content (AvgIpc) is 3.11. The minimum Gasteiger partial charge on any atom is -0.464 e. The molecule has 2 rings (SSSR count). The lowest BCUT2D eigenvalue weighted by Gasteiger charge is -2.22. The van der Waals surface area contributed by atoms with Crippen LogP contribution < -0.4 is 16.0 Å². The number of halogens is 2. The van der Waals surface area contributed by atoms with Gasteiger partial charge in [-0.1, -0.05) is 13.8 Å². The van der Waals surface area contributed by atoms with E-state index < -0.39 is 18.1 Å². The van der Waals surface area contributed by atoms with Crippen LogP contribution in [0, 0.1) is 5.92 Å². The van der Waals surface area contributed by atoms with E-state index >= 15 is 0 Å². The molecule has 2 aromatic rings. The number of ether oxygens (including phenoxy) is 1. The molecule has 10 heteroatoms. The number of hydrogen-bond donors (Lipinski definition) is 2. The summed E-state index contributed by atoms with van der Waals surface area (Å²) >= 11 is 11.9. The van der Waals surface area contributed by atoms with Gasteiger partial charge in [-0.2, -0.15) is 0 Å². The van der Waals surface area contributed by atoms with Crippen LogP contribution in [0.4, 0.5) is 5.69 Å². The molecule has 0 spiro atoms. The Bertz CT molecular complexity index is 944. The molecule has 0 fully saturated rings. The van der Waals surface area contributed by atoms with E-state index in [0.29, 0.717) is 44.1 Å². The molecule has 1 aromatic heterocycles. The number of imidazole rings is 1. The van der Waals surface area contributed by atoms with Gasteiger partial charge in [0.2, 0.25) is 5.91 Å². The Kier molecular flexibility index (Phi) is 11.4. The van der Waals surface area contributed by atoms with Gasteiger partial charge in [0.05, 0.1) is 23.7 Å². The first kappa shape index (κ1) is 28.2. The molecule has 190 valence electrons. The average molecular weight is 514 g/mol. The number of benzene rings is 1. The predicted octanol–water partition coefficient (Wildman–Crippen LogP) is 3.21. The maximum absolute atomic E-state index is 12.7. The standard InChI is InChI=1S/C24H37Cl2N5O3/c1-5-34-24(33)20(14-16(2)3)29-23(32)18(27)7-9-22-28-19-15-17(6-8-21(19)30(22)4)31(12-10-25)13-11-26/h6,8,15-16,18,20H,5,7,9-14,27H2,1-4H3,(H,29,32)/t18-,20-/m0/s1. The summed E-state index contributed by atoms with van der Waals surface area (Å²) in [5.41, 5.74) is 9.03. The molecule has 0 aliphatic rings. The summed E-state index contributed by atoms with van der Waals surface area (Å²) in [7, 11) is 1.95. The van der Waals surface area contributed by atoms with Gasteiger partial charge in [0.1, 0.15) is 11.9 Å². The highest BCUT2D eigenvalue weighted by Gasteiger charge is 2.26. The fraction of sp³-hybridized carbons (Fsp3) is 0.625. The lowest BCUT2D eigenvalue weighted by atomic mass is 10.0. The van der Waals surface area contributed by atoms with Gasteiger partial charge in [0.25, 0.3) is 0 Å². The van der Waals surface area contributed by atoms with Gasteiger partial charge in [0, 0.05) is 44.0 Å². The molecule has 2 atom stereocenters. The van der Waals surface area contributed by atoms with Crippen molar-refractivity contribution in [1.82, 2.24) is 14.9 Å². The van der Waals surface area contributed by atoms with Gasteiger partial charge in [-0.05, 0) is 43.9 Å². The Morgan fingerprint density at radius 3 is 2.50 bits per heavy atom. The van der Waals surface area contributed by atoms with E-state index in [1.807, 2.05) is 43.7 Å². The van der Waals surface area contributed by atoms with Gasteiger partial charge < -0.3 is 25.3 Å². The van der Waals surface area contributed by atoms with Crippen LogP contribution >= 0.6 is 23.2 Å². The number of fused-ring (bicyclic) bond motifs is 1. The number of carbonyl (C=O) groups excluding carboxylic acids is 2. The van der Waals surface area contributed by atoms with E-state index in [0.717, 1.165) is 22.5 Å². The fourth-order valence-corrected chi connectivity index (χ4v) is 4.26. The zero-order chi connectivity index (χ0) is 25.3. The summed E-state index contributed by atoms with van der Waals surface area (Å²) in [6.45, 7) is 7.38. The van der Waals surface area contributed by atoms with E-state index in [2.05, 4.69) is 10.2 Å². The Hall–Kier alpha value is -2.03. The van der Waals surface area contributed by atoms with Crippen LogP contribution in [-0.2, 0) is 27.8 Å². The van der Waals surface area contributed by atoms with Crippen molar-refractivity contribution in [2.45, 2.75) is 52.1 Å². The normalized spacial score (nSPS) is 13.2. The molecule has 3 N–H and O–H groups in total. The summed E-state index contributed by atoms with van der Waals surface area (Å²) < 4.78 is 7.11. The molecule has 8 nitrogen and oxygen atoms in total. The molecule has 1 heterocycles. The highest BCUT2D eigenvalue weighted by atomic mass is 35.5. The first-order valence-electron chi connectivity index (χ1n) is 11.8. The molecule has 0 saturated heterocycles. The number of nitrogens with two attached hydrogens (primary N) is 1. The molecule has 0 aliphatic carbocycles. The lowest BCUT2D eigenvalue weighted by Crippen LogP contribution is -2.49. The number of aromatic nitrogens is 2. The Labute approximate surface area is 212 Å². The minimum atomic E-state index is -0.762. The van der Waals surface area contributed by atoms with Crippen molar-refractivity contribution < 1.29 is 14.3 Å². The molecule has 0 bridgehead atoms. The second-order valence-electron chi connectivity index (χ2n) is 8.71. The number of esters is 1. The third-order valence-corrected chi connectivity index (χ3v) is 5.98. The fourth-order valence-electron chi connectivity index (χ4n) is 3.86. The maximum Gasteiger partial charge on any atom is 0.328 e. The summed E-state index contributed by atoms with van der Waals surface area (Å²) in [6.07, 6.45) is 1.42. The summed E-state index contributed by atoms with van der Waals surface area (Å²) in [5, 5.41) is 2.76. The molecule has 0 radical (unpaired) electrons. The number of nitrogens with one attached hydrogen (secondary N) is 1. The number of hydrogen-bond acceptors (Lipinski definition) is 6. The first-order valence-corrected chi connectivity index (χ1v) is 12.8. The monoisotopic (exact) mass is 513 g/mol. The third kappa shape index (κ3) is 7.75. The van der Waals surface area contributed by atoms with Crippen molar-refractivity contribution in [2.24, 2.45) is 18.7 Å². The van der Waals surface area contributed by atoms with Gasteiger partial charge in [0.15, 0.2) is 0 Å². The smallest absolute Gasteiger partial charge is 0.328 e. The van der Waals surface area contributed by atoms with Crippen molar-refractivity contribution in [1.29, 1.82) is 0 Å². The molecule has 1 amide bonds. The topological polar surface area (TPSA) is 102 Å². The molecule has 0 unspecified atom stereocenters. The second kappa shape index (κ2) is 13.8. The molecule has 0 aliphatic heterocycles. The van der Waals surface area contributed by atoms with Gasteiger partial charge in [-0.25, -0.2) is 9.78 Å². The number of amides is 1. The van der Waals surface area contributed by atoms with Crippen molar-refractivity contribution in [3.8, 4) is 0 Å². The van der Waals surface area contributed by atoms with Gasteiger partial charge >= 0.3 is 5.97 Å². The molecule has 34 heavy (non-hydrogen) atoms. The first-order chi connectivity index (χ1) is 16.2. The zero-order valence-electron chi connectivity index (χ0n) is 20.5. The number of carbonyl (C=O) groups is 2. The van der Waals surface area contributed by atoms with Gasteiger partial charge in [-0.3, -0.25) is 4.79 Å². The SMILES string of the molecule is CCOC(=O)[C@H](CC(C)C)NC(=O)[C@@H](N)CCc1nc2cc(N(CCCl)CCCl)ccc2n1C. The van der Waals surface area contributed by atoms with Crippen LogP contribution in [0.1, 0.15) is 39.4 Å². The van der Waals surface area contributed by atoms with Gasteiger partial charge in [-0.15, -0.1) is 23.2 Å². The maximum atomic E-state index is 12.7.